The van der Waals surface area contributed by atoms with Gasteiger partial charge in [0.25, 0.3) is 0 Å². The zero-order chi connectivity index (χ0) is 8.41. The molecule has 0 saturated heterocycles. The Kier molecular flexibility index (Phi) is 4.06. The molecule has 4 heteroatoms. The lowest BCUT2D eigenvalue weighted by Crippen LogP contribution is -2.14. The minimum absolute atomic E-state index is 0.289. The average Bonchev–Trinajstić information content (AvgIpc) is 1.57. The molecule has 0 aliphatic heterocycles. The Balaban J connectivity index is 3.56. The summed E-state index contributed by atoms with van der Waals surface area (Å²) in [6, 6.07) is -1.59. The van der Waals surface area contributed by atoms with Gasteiger partial charge < -0.3 is 0 Å². The molecular formula is C6H13Cl3Si. The van der Waals surface area contributed by atoms with Gasteiger partial charge in [0.05, 0.1) is 0 Å². The molecule has 10 heavy (non-hydrogen) atoms. The van der Waals surface area contributed by atoms with Crippen LogP contribution in [0.3, 0.4) is 0 Å². The van der Waals surface area contributed by atoms with Crippen molar-refractivity contribution in [2.24, 2.45) is 5.41 Å². The van der Waals surface area contributed by atoms with Crippen LogP contribution in [0.4, 0.5) is 0 Å². The second kappa shape index (κ2) is 3.66. The smallest absolute Gasteiger partial charge is 0.126 e. The molecule has 0 nitrogen and oxygen atoms in total. The third-order valence-corrected chi connectivity index (χ3v) is 3.68. The van der Waals surface area contributed by atoms with E-state index in [0.29, 0.717) is 0 Å². The molecule has 0 spiro atoms. The molecule has 0 radical (unpaired) electrons. The summed E-state index contributed by atoms with van der Waals surface area (Å²) in [7, 11) is 0. The van der Waals surface area contributed by atoms with Crippen molar-refractivity contribution < 1.29 is 0 Å². The fourth-order valence-electron chi connectivity index (χ4n) is 0.517. The second-order valence-corrected chi connectivity index (χ2v) is 13.0. The van der Waals surface area contributed by atoms with Gasteiger partial charge in [0.2, 0.25) is 0 Å². The first-order valence-corrected chi connectivity index (χ1v) is 8.52. The van der Waals surface area contributed by atoms with E-state index in [1.54, 1.807) is 0 Å². The summed E-state index contributed by atoms with van der Waals surface area (Å²) in [6.45, 7) is 6.45. The Morgan fingerprint density at radius 1 is 1.10 bits per heavy atom. The zero-order valence-corrected chi connectivity index (χ0v) is 9.82. The fraction of sp³-hybridized carbons (Fsp3) is 1.00. The molecule has 0 N–H and O–H groups in total. The van der Waals surface area contributed by atoms with Crippen LogP contribution in [-0.2, 0) is 0 Å². The molecule has 0 aliphatic carbocycles. The minimum Gasteiger partial charge on any atom is -0.126 e. The topological polar surface area (TPSA) is 0 Å². The van der Waals surface area contributed by atoms with Gasteiger partial charge in [-0.05, 0) is 17.9 Å². The highest BCUT2D eigenvalue weighted by Gasteiger charge is 2.26. The SMILES string of the molecule is CC(C)(C)CC[Si](Cl)(Cl)Cl. The Morgan fingerprint density at radius 3 is 1.60 bits per heavy atom. The summed E-state index contributed by atoms with van der Waals surface area (Å²) < 4.78 is 0. The Hall–Kier alpha value is 1.09. The van der Waals surface area contributed by atoms with Gasteiger partial charge in [-0.15, -0.1) is 33.2 Å². The van der Waals surface area contributed by atoms with E-state index in [0.717, 1.165) is 12.5 Å². The third-order valence-electron chi connectivity index (χ3n) is 1.16. The molecule has 0 heterocycles. The van der Waals surface area contributed by atoms with Crippen LogP contribution in [0.15, 0.2) is 0 Å². The van der Waals surface area contributed by atoms with Crippen molar-refractivity contribution in [1.29, 1.82) is 0 Å². The average molecular weight is 220 g/mol. The van der Waals surface area contributed by atoms with Crippen molar-refractivity contribution in [2.75, 3.05) is 0 Å². The normalized spacial score (nSPS) is 13.8. The van der Waals surface area contributed by atoms with Crippen molar-refractivity contribution in [3.8, 4) is 0 Å². The maximum Gasteiger partial charge on any atom is 0.341 e. The lowest BCUT2D eigenvalue weighted by atomic mass is 9.94. The lowest BCUT2D eigenvalue weighted by Gasteiger charge is -2.19. The second-order valence-electron chi connectivity index (χ2n) is 3.68. The molecule has 0 bridgehead atoms. The predicted molar refractivity (Wildman–Crippen MR) is 52.2 cm³/mol. The third kappa shape index (κ3) is 9.09. The molecule has 62 valence electrons. The monoisotopic (exact) mass is 218 g/mol. The molecule has 0 unspecified atom stereocenters. The first kappa shape index (κ1) is 11.1. The van der Waals surface area contributed by atoms with Crippen molar-refractivity contribution in [3.05, 3.63) is 0 Å². The number of hydrogen-bond acceptors (Lipinski definition) is 0. The molecule has 0 amide bonds. The van der Waals surface area contributed by atoms with Crippen molar-refractivity contribution >= 4 is 39.2 Å². The van der Waals surface area contributed by atoms with Crippen molar-refractivity contribution in [3.63, 3.8) is 0 Å². The summed E-state index contributed by atoms with van der Waals surface area (Å²) in [5.41, 5.74) is 0.289. The molecule has 0 atom stereocenters. The maximum atomic E-state index is 5.71. The van der Waals surface area contributed by atoms with E-state index >= 15 is 0 Å². The van der Waals surface area contributed by atoms with Crippen LogP contribution in [-0.4, -0.2) is 6.00 Å². The van der Waals surface area contributed by atoms with Crippen LogP contribution >= 0.6 is 33.2 Å². The standard InChI is InChI=1S/C6H13Cl3Si/c1-6(2,3)4-5-10(7,8)9/h4-5H2,1-3H3. The van der Waals surface area contributed by atoms with Gasteiger partial charge in [-0.3, -0.25) is 0 Å². The molecule has 0 saturated carbocycles. The molecule has 0 aliphatic rings. The van der Waals surface area contributed by atoms with Gasteiger partial charge in [-0.2, -0.15) is 0 Å². The summed E-state index contributed by atoms with van der Waals surface area (Å²) in [5, 5.41) is 0. The van der Waals surface area contributed by atoms with Gasteiger partial charge in [0, 0.05) is 0 Å². The zero-order valence-electron chi connectivity index (χ0n) is 6.55. The summed E-state index contributed by atoms with van der Waals surface area (Å²) >= 11 is 17.1. The summed E-state index contributed by atoms with van der Waals surface area (Å²) in [6.07, 6.45) is 0.996. The number of rotatable bonds is 2. The van der Waals surface area contributed by atoms with E-state index in [1.165, 1.54) is 0 Å². The molecule has 0 fully saturated rings. The molecule has 0 aromatic rings. The molecule has 0 rings (SSSR count). The van der Waals surface area contributed by atoms with Gasteiger partial charge in [-0.25, -0.2) is 0 Å². The molecular weight excluding hydrogens is 207 g/mol. The van der Waals surface area contributed by atoms with E-state index < -0.39 is 6.00 Å². The van der Waals surface area contributed by atoms with Crippen molar-refractivity contribution in [1.82, 2.24) is 0 Å². The van der Waals surface area contributed by atoms with E-state index in [2.05, 4.69) is 20.8 Å². The Bertz CT molecular complexity index is 86.5. The van der Waals surface area contributed by atoms with Crippen LogP contribution in [0.2, 0.25) is 6.04 Å². The van der Waals surface area contributed by atoms with Crippen LogP contribution in [0.5, 0.6) is 0 Å². The van der Waals surface area contributed by atoms with Crippen molar-refractivity contribution in [2.45, 2.75) is 33.2 Å². The Morgan fingerprint density at radius 2 is 1.50 bits per heavy atom. The Labute approximate surface area is 78.0 Å². The molecule has 0 aromatic heterocycles. The van der Waals surface area contributed by atoms with Crippen LogP contribution in [0.25, 0.3) is 0 Å². The van der Waals surface area contributed by atoms with Crippen LogP contribution in [0, 0.1) is 5.41 Å². The highest BCUT2D eigenvalue weighted by molar-refractivity contribution is 7.64. The van der Waals surface area contributed by atoms with Gasteiger partial charge in [0.15, 0.2) is 0 Å². The summed E-state index contributed by atoms with van der Waals surface area (Å²) in [4.78, 5) is 0. The quantitative estimate of drug-likeness (QED) is 0.485. The largest absolute Gasteiger partial charge is 0.341 e. The van der Waals surface area contributed by atoms with E-state index in [4.69, 9.17) is 33.2 Å². The van der Waals surface area contributed by atoms with Crippen LogP contribution in [0.1, 0.15) is 27.2 Å². The first-order chi connectivity index (χ1) is 4.21. The molecule has 0 aromatic carbocycles. The minimum atomic E-state index is -2.35. The fourth-order valence-corrected chi connectivity index (χ4v) is 2.40. The first-order valence-electron chi connectivity index (χ1n) is 3.27. The van der Waals surface area contributed by atoms with E-state index in [-0.39, 0.29) is 5.41 Å². The maximum absolute atomic E-state index is 5.71. The highest BCUT2D eigenvalue weighted by Crippen LogP contribution is 2.32. The van der Waals surface area contributed by atoms with Gasteiger partial charge in [0.1, 0.15) is 0 Å². The lowest BCUT2D eigenvalue weighted by molar-refractivity contribution is 0.397. The van der Waals surface area contributed by atoms with E-state index in [1.807, 2.05) is 0 Å². The van der Waals surface area contributed by atoms with Gasteiger partial charge in [-0.1, -0.05) is 20.8 Å². The van der Waals surface area contributed by atoms with Crippen LogP contribution < -0.4 is 0 Å². The summed E-state index contributed by atoms with van der Waals surface area (Å²) in [5.74, 6) is 0. The number of halogens is 3. The highest BCUT2D eigenvalue weighted by atomic mass is 35.8. The number of hydrogen-bond donors (Lipinski definition) is 0. The van der Waals surface area contributed by atoms with Gasteiger partial charge >= 0.3 is 6.00 Å². The van der Waals surface area contributed by atoms with E-state index in [9.17, 15) is 0 Å². The predicted octanol–water partition coefficient (Wildman–Crippen LogP) is 4.08.